The van der Waals surface area contributed by atoms with Crippen LogP contribution in [0.1, 0.15) is 17.0 Å². The molecule has 7 heteroatoms. The van der Waals surface area contributed by atoms with E-state index in [0.717, 1.165) is 22.4 Å². The first-order valence-corrected chi connectivity index (χ1v) is 8.56. The molecule has 0 radical (unpaired) electrons. The quantitative estimate of drug-likeness (QED) is 0.719. The lowest BCUT2D eigenvalue weighted by molar-refractivity contribution is 0.379. The SMILES string of the molecule is COc1cccc(-c2[nH]nc3c2[C@H](c2cccc(Cl)c2)C(C#N)=C(N)O3)c1. The van der Waals surface area contributed by atoms with E-state index in [1.54, 1.807) is 13.2 Å². The molecule has 2 aromatic carbocycles. The number of fused-ring (bicyclic) bond motifs is 1. The summed E-state index contributed by atoms with van der Waals surface area (Å²) in [4.78, 5) is 0. The highest BCUT2D eigenvalue weighted by molar-refractivity contribution is 6.30. The maximum atomic E-state index is 9.72. The van der Waals surface area contributed by atoms with Crippen molar-refractivity contribution in [3.05, 3.63) is 76.1 Å². The Kier molecular flexibility index (Phi) is 4.22. The van der Waals surface area contributed by atoms with Crippen LogP contribution in [0.5, 0.6) is 11.6 Å². The predicted molar refractivity (Wildman–Crippen MR) is 101 cm³/mol. The molecule has 1 aromatic heterocycles. The fourth-order valence-electron chi connectivity index (χ4n) is 3.26. The monoisotopic (exact) mass is 378 g/mol. The number of halogens is 1. The first kappa shape index (κ1) is 17.0. The molecule has 134 valence electrons. The van der Waals surface area contributed by atoms with Crippen LogP contribution in [0.2, 0.25) is 5.02 Å². The van der Waals surface area contributed by atoms with Crippen LogP contribution in [0.25, 0.3) is 11.3 Å². The number of allylic oxidation sites excluding steroid dienone is 1. The summed E-state index contributed by atoms with van der Waals surface area (Å²) in [5.41, 5.74) is 9.46. The van der Waals surface area contributed by atoms with Gasteiger partial charge in [0.05, 0.1) is 24.3 Å². The number of nitrogens with one attached hydrogen (secondary N) is 1. The van der Waals surface area contributed by atoms with Crippen LogP contribution in [-0.2, 0) is 0 Å². The van der Waals surface area contributed by atoms with Crippen molar-refractivity contribution < 1.29 is 9.47 Å². The number of hydrogen-bond donors (Lipinski definition) is 2. The Morgan fingerprint density at radius 2 is 2.07 bits per heavy atom. The van der Waals surface area contributed by atoms with Gasteiger partial charge >= 0.3 is 0 Å². The van der Waals surface area contributed by atoms with E-state index in [0.29, 0.717) is 22.2 Å². The van der Waals surface area contributed by atoms with Gasteiger partial charge in [-0.05, 0) is 29.8 Å². The Bertz CT molecular complexity index is 1100. The number of nitrogens with two attached hydrogens (primary N) is 1. The number of rotatable bonds is 3. The van der Waals surface area contributed by atoms with Crippen molar-refractivity contribution in [3.8, 4) is 29.0 Å². The van der Waals surface area contributed by atoms with E-state index in [1.165, 1.54) is 0 Å². The lowest BCUT2D eigenvalue weighted by atomic mass is 9.83. The molecule has 6 nitrogen and oxygen atoms in total. The summed E-state index contributed by atoms with van der Waals surface area (Å²) >= 11 is 6.19. The molecular weight excluding hydrogens is 364 g/mol. The van der Waals surface area contributed by atoms with Crippen molar-refractivity contribution in [1.29, 1.82) is 5.26 Å². The van der Waals surface area contributed by atoms with Gasteiger partial charge in [0.1, 0.15) is 17.4 Å². The summed E-state index contributed by atoms with van der Waals surface area (Å²) < 4.78 is 10.9. The molecule has 1 atom stereocenters. The van der Waals surface area contributed by atoms with Crippen molar-refractivity contribution in [2.45, 2.75) is 5.92 Å². The zero-order valence-electron chi connectivity index (χ0n) is 14.4. The van der Waals surface area contributed by atoms with Gasteiger partial charge < -0.3 is 15.2 Å². The summed E-state index contributed by atoms with van der Waals surface area (Å²) in [7, 11) is 1.61. The Morgan fingerprint density at radius 1 is 1.26 bits per heavy atom. The standard InChI is InChI=1S/C20H15ClN4O2/c1-26-14-7-3-5-12(9-14)18-17-16(11-4-2-6-13(21)8-11)15(10-22)19(23)27-20(17)25-24-18/h2-9,16H,23H2,1H3,(H,24,25)/t16-/m1/s1. The maximum absolute atomic E-state index is 9.72. The Hall–Kier alpha value is -3.43. The number of aromatic amines is 1. The molecule has 0 amide bonds. The molecule has 0 fully saturated rings. The van der Waals surface area contributed by atoms with Gasteiger partial charge in [0.25, 0.3) is 0 Å². The molecule has 4 rings (SSSR count). The van der Waals surface area contributed by atoms with E-state index in [1.807, 2.05) is 42.5 Å². The smallest absolute Gasteiger partial charge is 0.244 e. The number of benzene rings is 2. The van der Waals surface area contributed by atoms with E-state index in [2.05, 4.69) is 16.3 Å². The molecule has 0 spiro atoms. The molecule has 0 unspecified atom stereocenters. The number of nitrogens with zero attached hydrogens (tertiary/aromatic N) is 2. The molecule has 0 aliphatic carbocycles. The Balaban J connectivity index is 1.95. The first-order valence-electron chi connectivity index (χ1n) is 8.18. The topological polar surface area (TPSA) is 97.0 Å². The number of H-pyrrole nitrogens is 1. The van der Waals surface area contributed by atoms with E-state index >= 15 is 0 Å². The maximum Gasteiger partial charge on any atom is 0.244 e. The lowest BCUT2D eigenvalue weighted by Crippen LogP contribution is -2.21. The van der Waals surface area contributed by atoms with Crippen molar-refractivity contribution >= 4 is 11.6 Å². The Morgan fingerprint density at radius 3 is 2.81 bits per heavy atom. The highest BCUT2D eigenvalue weighted by Gasteiger charge is 2.35. The van der Waals surface area contributed by atoms with Gasteiger partial charge in [-0.3, -0.25) is 5.10 Å². The number of methoxy groups -OCH3 is 1. The predicted octanol–water partition coefficient (Wildman–Crippen LogP) is 3.96. The highest BCUT2D eigenvalue weighted by atomic mass is 35.5. The molecule has 0 bridgehead atoms. The molecule has 1 aliphatic heterocycles. The number of aromatic nitrogens is 2. The van der Waals surface area contributed by atoms with Crippen molar-refractivity contribution in [2.24, 2.45) is 5.73 Å². The normalized spacial score (nSPS) is 15.7. The van der Waals surface area contributed by atoms with Gasteiger partial charge in [0.2, 0.25) is 11.8 Å². The van der Waals surface area contributed by atoms with Crippen LogP contribution >= 0.6 is 11.6 Å². The van der Waals surface area contributed by atoms with Gasteiger partial charge in [-0.2, -0.15) is 5.26 Å². The van der Waals surface area contributed by atoms with Crippen molar-refractivity contribution in [3.63, 3.8) is 0 Å². The highest BCUT2D eigenvalue weighted by Crippen LogP contribution is 2.46. The van der Waals surface area contributed by atoms with Gasteiger partial charge in [0, 0.05) is 10.6 Å². The second kappa shape index (κ2) is 6.71. The molecule has 3 N–H and O–H groups in total. The zero-order chi connectivity index (χ0) is 19.0. The van der Waals surface area contributed by atoms with Crippen LogP contribution in [0.15, 0.2) is 60.0 Å². The number of nitriles is 1. The molecule has 1 aliphatic rings. The zero-order valence-corrected chi connectivity index (χ0v) is 15.1. The average Bonchev–Trinajstić information content (AvgIpc) is 3.10. The minimum Gasteiger partial charge on any atom is -0.497 e. The average molecular weight is 379 g/mol. The van der Waals surface area contributed by atoms with Gasteiger partial charge in [0.15, 0.2) is 0 Å². The molecule has 27 heavy (non-hydrogen) atoms. The van der Waals surface area contributed by atoms with Crippen LogP contribution < -0.4 is 15.2 Å². The van der Waals surface area contributed by atoms with Gasteiger partial charge in [-0.15, -0.1) is 5.10 Å². The van der Waals surface area contributed by atoms with E-state index in [4.69, 9.17) is 26.8 Å². The summed E-state index contributed by atoms with van der Waals surface area (Å²) in [5, 5.41) is 17.6. The van der Waals surface area contributed by atoms with Crippen molar-refractivity contribution in [1.82, 2.24) is 10.2 Å². The number of ether oxygens (including phenoxy) is 2. The minimum atomic E-state index is -0.447. The summed E-state index contributed by atoms with van der Waals surface area (Å²) in [5.74, 6) is 0.646. The third kappa shape index (κ3) is 2.88. The first-order chi connectivity index (χ1) is 13.1. The van der Waals surface area contributed by atoms with E-state index in [-0.39, 0.29) is 5.88 Å². The Labute approximate surface area is 160 Å². The third-order valence-electron chi connectivity index (χ3n) is 4.48. The largest absolute Gasteiger partial charge is 0.497 e. The molecule has 0 saturated carbocycles. The molecule has 3 aromatic rings. The summed E-state index contributed by atoms with van der Waals surface area (Å²) in [6.45, 7) is 0. The summed E-state index contributed by atoms with van der Waals surface area (Å²) in [6, 6.07) is 17.1. The fourth-order valence-corrected chi connectivity index (χ4v) is 3.46. The number of hydrogen-bond acceptors (Lipinski definition) is 5. The van der Waals surface area contributed by atoms with Crippen LogP contribution in [0.4, 0.5) is 0 Å². The second-order valence-corrected chi connectivity index (χ2v) is 6.47. The second-order valence-electron chi connectivity index (χ2n) is 6.03. The van der Waals surface area contributed by atoms with Crippen LogP contribution in [0, 0.1) is 11.3 Å². The third-order valence-corrected chi connectivity index (χ3v) is 4.71. The lowest BCUT2D eigenvalue weighted by Gasteiger charge is -2.24. The van der Waals surface area contributed by atoms with Gasteiger partial charge in [-0.25, -0.2) is 0 Å². The molecular formula is C20H15ClN4O2. The van der Waals surface area contributed by atoms with Crippen molar-refractivity contribution in [2.75, 3.05) is 7.11 Å². The van der Waals surface area contributed by atoms with Gasteiger partial charge in [-0.1, -0.05) is 35.9 Å². The molecule has 2 heterocycles. The molecule has 0 saturated heterocycles. The van der Waals surface area contributed by atoms with E-state index < -0.39 is 5.92 Å². The minimum absolute atomic E-state index is 0.0404. The fraction of sp³-hybridized carbons (Fsp3) is 0.100. The summed E-state index contributed by atoms with van der Waals surface area (Å²) in [6.07, 6.45) is 0. The van der Waals surface area contributed by atoms with Crippen LogP contribution in [0.3, 0.4) is 0 Å². The van der Waals surface area contributed by atoms with Crippen LogP contribution in [-0.4, -0.2) is 17.3 Å². The van der Waals surface area contributed by atoms with E-state index in [9.17, 15) is 5.26 Å².